The Kier molecular flexibility index (Phi) is 4.12. The summed E-state index contributed by atoms with van der Waals surface area (Å²) in [5, 5.41) is 27.9. The highest BCUT2D eigenvalue weighted by atomic mass is 16.3. The molecular formula is C9H19NO3. The van der Waals surface area contributed by atoms with E-state index in [-0.39, 0.29) is 12.6 Å². The molecule has 78 valence electrons. The Morgan fingerprint density at radius 3 is 2.62 bits per heavy atom. The molecule has 0 aromatic heterocycles. The smallest absolute Gasteiger partial charge is 0.0988 e. The van der Waals surface area contributed by atoms with E-state index in [1.54, 1.807) is 0 Å². The lowest BCUT2D eigenvalue weighted by atomic mass is 10.1. The van der Waals surface area contributed by atoms with Gasteiger partial charge in [0.1, 0.15) is 0 Å². The molecule has 0 saturated carbocycles. The molecule has 1 heterocycles. The van der Waals surface area contributed by atoms with Crippen LogP contribution in [0.15, 0.2) is 0 Å². The molecule has 0 amide bonds. The van der Waals surface area contributed by atoms with Crippen LogP contribution < -0.4 is 0 Å². The molecule has 0 bridgehead atoms. The van der Waals surface area contributed by atoms with Crippen LogP contribution in [0.3, 0.4) is 0 Å². The maximum Gasteiger partial charge on any atom is 0.0988 e. The molecule has 0 unspecified atom stereocenters. The molecule has 0 aliphatic carbocycles. The quantitative estimate of drug-likeness (QED) is 0.541. The molecule has 4 heteroatoms. The SMILES string of the molecule is CCCCN1C[C@H](O)[C@H](O)[C@H]1CO. The first-order chi connectivity index (χ1) is 6.20. The molecular weight excluding hydrogens is 170 g/mol. The average molecular weight is 189 g/mol. The molecule has 1 aliphatic heterocycles. The van der Waals surface area contributed by atoms with Gasteiger partial charge in [-0.2, -0.15) is 0 Å². The van der Waals surface area contributed by atoms with Gasteiger partial charge in [-0.15, -0.1) is 0 Å². The van der Waals surface area contributed by atoms with E-state index in [1.165, 1.54) is 0 Å². The summed E-state index contributed by atoms with van der Waals surface area (Å²) in [7, 11) is 0. The van der Waals surface area contributed by atoms with Crippen molar-refractivity contribution in [1.29, 1.82) is 0 Å². The van der Waals surface area contributed by atoms with Gasteiger partial charge in [-0.05, 0) is 13.0 Å². The number of rotatable bonds is 4. The van der Waals surface area contributed by atoms with Gasteiger partial charge in [0.25, 0.3) is 0 Å². The Morgan fingerprint density at radius 1 is 1.38 bits per heavy atom. The van der Waals surface area contributed by atoms with Crippen LogP contribution in [0.25, 0.3) is 0 Å². The summed E-state index contributed by atoms with van der Waals surface area (Å²) in [5.41, 5.74) is 0. The zero-order valence-corrected chi connectivity index (χ0v) is 8.06. The number of hydrogen-bond donors (Lipinski definition) is 3. The highest BCUT2D eigenvalue weighted by molar-refractivity contribution is 4.92. The first-order valence-electron chi connectivity index (χ1n) is 4.91. The van der Waals surface area contributed by atoms with Crippen LogP contribution in [0.4, 0.5) is 0 Å². The third-order valence-electron chi connectivity index (χ3n) is 2.66. The maximum absolute atomic E-state index is 9.48. The zero-order chi connectivity index (χ0) is 9.84. The summed E-state index contributed by atoms with van der Waals surface area (Å²) in [4.78, 5) is 1.96. The van der Waals surface area contributed by atoms with Gasteiger partial charge in [-0.25, -0.2) is 0 Å². The van der Waals surface area contributed by atoms with Gasteiger partial charge in [-0.1, -0.05) is 13.3 Å². The van der Waals surface area contributed by atoms with E-state index in [0.717, 1.165) is 19.4 Å². The first kappa shape index (κ1) is 10.9. The molecule has 13 heavy (non-hydrogen) atoms. The third-order valence-corrected chi connectivity index (χ3v) is 2.66. The monoisotopic (exact) mass is 189 g/mol. The number of β-amino-alcohol motifs (C(OH)–C–C–N with tert-alkyl or cyclic N) is 1. The fourth-order valence-corrected chi connectivity index (χ4v) is 1.80. The Balaban J connectivity index is 2.44. The Bertz CT molecular complexity index is 154. The largest absolute Gasteiger partial charge is 0.395 e. The van der Waals surface area contributed by atoms with Crippen LogP contribution >= 0.6 is 0 Å². The molecule has 1 rings (SSSR count). The summed E-state index contributed by atoms with van der Waals surface area (Å²) in [6, 6.07) is -0.276. The van der Waals surface area contributed by atoms with Crippen LogP contribution in [0.1, 0.15) is 19.8 Å². The summed E-state index contributed by atoms with van der Waals surface area (Å²) in [5.74, 6) is 0. The van der Waals surface area contributed by atoms with Crippen molar-refractivity contribution < 1.29 is 15.3 Å². The average Bonchev–Trinajstić information content (AvgIpc) is 2.39. The Labute approximate surface area is 78.8 Å². The molecule has 0 radical (unpaired) electrons. The Morgan fingerprint density at radius 2 is 2.08 bits per heavy atom. The van der Waals surface area contributed by atoms with E-state index in [4.69, 9.17) is 5.11 Å². The van der Waals surface area contributed by atoms with Gasteiger partial charge < -0.3 is 15.3 Å². The molecule has 0 aromatic rings. The van der Waals surface area contributed by atoms with E-state index < -0.39 is 12.2 Å². The molecule has 1 aliphatic rings. The molecule has 3 N–H and O–H groups in total. The van der Waals surface area contributed by atoms with Crippen molar-refractivity contribution in [2.45, 2.75) is 38.0 Å². The van der Waals surface area contributed by atoms with E-state index in [9.17, 15) is 10.2 Å². The lowest BCUT2D eigenvalue weighted by Crippen LogP contribution is -2.39. The van der Waals surface area contributed by atoms with Gasteiger partial charge in [0.15, 0.2) is 0 Å². The van der Waals surface area contributed by atoms with Gasteiger partial charge >= 0.3 is 0 Å². The fourth-order valence-electron chi connectivity index (χ4n) is 1.80. The lowest BCUT2D eigenvalue weighted by molar-refractivity contribution is 0.0216. The predicted molar refractivity (Wildman–Crippen MR) is 49.4 cm³/mol. The normalized spacial score (nSPS) is 35.5. The zero-order valence-electron chi connectivity index (χ0n) is 8.06. The van der Waals surface area contributed by atoms with E-state index in [1.807, 2.05) is 4.90 Å². The van der Waals surface area contributed by atoms with Crippen LogP contribution in [0.2, 0.25) is 0 Å². The van der Waals surface area contributed by atoms with Gasteiger partial charge in [0, 0.05) is 6.54 Å². The highest BCUT2D eigenvalue weighted by Crippen LogP contribution is 2.18. The van der Waals surface area contributed by atoms with Crippen molar-refractivity contribution in [3.63, 3.8) is 0 Å². The van der Waals surface area contributed by atoms with Crippen molar-refractivity contribution in [1.82, 2.24) is 4.90 Å². The Hall–Kier alpha value is -0.160. The van der Waals surface area contributed by atoms with Crippen molar-refractivity contribution in [2.24, 2.45) is 0 Å². The second kappa shape index (κ2) is 4.91. The first-order valence-corrected chi connectivity index (χ1v) is 4.91. The van der Waals surface area contributed by atoms with Crippen molar-refractivity contribution in [3.05, 3.63) is 0 Å². The van der Waals surface area contributed by atoms with Crippen LogP contribution in [-0.4, -0.2) is 58.2 Å². The van der Waals surface area contributed by atoms with Gasteiger partial charge in [0.05, 0.1) is 24.9 Å². The molecule has 3 atom stereocenters. The van der Waals surface area contributed by atoms with E-state index in [2.05, 4.69) is 6.92 Å². The number of hydrogen-bond acceptors (Lipinski definition) is 4. The molecule has 1 fully saturated rings. The molecule has 1 saturated heterocycles. The van der Waals surface area contributed by atoms with Crippen molar-refractivity contribution in [2.75, 3.05) is 19.7 Å². The minimum atomic E-state index is -0.790. The van der Waals surface area contributed by atoms with Crippen LogP contribution in [-0.2, 0) is 0 Å². The van der Waals surface area contributed by atoms with Crippen molar-refractivity contribution in [3.8, 4) is 0 Å². The number of aliphatic hydroxyl groups is 3. The summed E-state index contributed by atoms with van der Waals surface area (Å²) in [6.07, 6.45) is 0.632. The minimum Gasteiger partial charge on any atom is -0.395 e. The van der Waals surface area contributed by atoms with Crippen molar-refractivity contribution >= 4 is 0 Å². The summed E-state index contributed by atoms with van der Waals surface area (Å²) >= 11 is 0. The highest BCUT2D eigenvalue weighted by Gasteiger charge is 2.38. The van der Waals surface area contributed by atoms with E-state index in [0.29, 0.717) is 6.54 Å². The van der Waals surface area contributed by atoms with Crippen LogP contribution in [0, 0.1) is 0 Å². The third kappa shape index (κ3) is 2.40. The second-order valence-electron chi connectivity index (χ2n) is 3.66. The number of nitrogens with zero attached hydrogens (tertiary/aromatic N) is 1. The summed E-state index contributed by atoms with van der Waals surface area (Å²) in [6.45, 7) is 3.33. The van der Waals surface area contributed by atoms with Gasteiger partial charge in [0.2, 0.25) is 0 Å². The minimum absolute atomic E-state index is 0.0814. The lowest BCUT2D eigenvalue weighted by Gasteiger charge is -2.23. The molecule has 0 spiro atoms. The predicted octanol–water partition coefficient (Wildman–Crippen LogP) is -0.815. The maximum atomic E-state index is 9.48. The summed E-state index contributed by atoms with van der Waals surface area (Å²) < 4.78 is 0. The molecule has 4 nitrogen and oxygen atoms in total. The number of likely N-dealkylation sites (tertiary alicyclic amines) is 1. The molecule has 0 aromatic carbocycles. The topological polar surface area (TPSA) is 63.9 Å². The number of unbranched alkanes of at least 4 members (excludes halogenated alkanes) is 1. The van der Waals surface area contributed by atoms with Gasteiger partial charge in [-0.3, -0.25) is 4.90 Å². The standard InChI is InChI=1S/C9H19NO3/c1-2-3-4-10-5-8(12)9(13)7(10)6-11/h7-9,11-13H,2-6H2,1H3/t7-,8+,9-/m1/s1. The van der Waals surface area contributed by atoms with E-state index >= 15 is 0 Å². The second-order valence-corrected chi connectivity index (χ2v) is 3.66. The number of aliphatic hydroxyl groups excluding tert-OH is 3. The fraction of sp³-hybridized carbons (Fsp3) is 1.00. The van der Waals surface area contributed by atoms with Crippen LogP contribution in [0.5, 0.6) is 0 Å².